The molecule has 2 N–H and O–H groups in total. The third-order valence-electron chi connectivity index (χ3n) is 5.35. The molecule has 3 aromatic rings. The van der Waals surface area contributed by atoms with Crippen LogP contribution in [-0.4, -0.2) is 35.7 Å². The highest BCUT2D eigenvalue weighted by Gasteiger charge is 2.19. The summed E-state index contributed by atoms with van der Waals surface area (Å²) in [7, 11) is 3.98. The monoisotopic (exact) mass is 442 g/mol. The summed E-state index contributed by atoms with van der Waals surface area (Å²) in [6.07, 6.45) is 4.35. The molecule has 0 atom stereocenters. The van der Waals surface area contributed by atoms with Crippen molar-refractivity contribution in [2.24, 2.45) is 0 Å². The van der Waals surface area contributed by atoms with Crippen molar-refractivity contribution in [2.45, 2.75) is 38.4 Å². The first kappa shape index (κ1) is 20.9. The SMILES string of the molecule is Cc1cc(N(C)C)ccc1NC(=O)CSCc1nc2sc3c(c2c(=O)[nH]1)CCCC3. The number of nitrogens with zero attached hydrogens (tertiary/aromatic N) is 2. The third kappa shape index (κ3) is 4.39. The molecule has 0 aliphatic heterocycles. The molecule has 1 amide bonds. The van der Waals surface area contributed by atoms with Gasteiger partial charge in [0.05, 0.1) is 16.9 Å². The topological polar surface area (TPSA) is 78.1 Å². The Morgan fingerprint density at radius 3 is 2.87 bits per heavy atom. The number of carbonyl (C=O) groups excluding carboxylic acids is 1. The molecular weight excluding hydrogens is 416 g/mol. The fourth-order valence-corrected chi connectivity index (χ4v) is 5.74. The molecule has 6 nitrogen and oxygen atoms in total. The van der Waals surface area contributed by atoms with E-state index in [4.69, 9.17) is 0 Å². The van der Waals surface area contributed by atoms with Crippen molar-refractivity contribution in [1.82, 2.24) is 9.97 Å². The fourth-order valence-electron chi connectivity index (χ4n) is 3.77. The average Bonchev–Trinajstić information content (AvgIpc) is 3.08. The number of thiophene rings is 1. The number of aryl methyl sites for hydroxylation is 3. The number of nitrogens with one attached hydrogen (secondary N) is 2. The Labute approximate surface area is 184 Å². The molecule has 2 aromatic heterocycles. The van der Waals surface area contributed by atoms with Crippen molar-refractivity contribution in [3.63, 3.8) is 0 Å². The number of thioether (sulfide) groups is 1. The van der Waals surface area contributed by atoms with Crippen LogP contribution in [0.1, 0.15) is 34.7 Å². The van der Waals surface area contributed by atoms with E-state index >= 15 is 0 Å². The van der Waals surface area contributed by atoms with E-state index in [-0.39, 0.29) is 11.5 Å². The van der Waals surface area contributed by atoms with E-state index in [0.717, 1.165) is 46.4 Å². The zero-order chi connectivity index (χ0) is 21.3. The van der Waals surface area contributed by atoms with Crippen LogP contribution in [0.5, 0.6) is 0 Å². The molecule has 30 heavy (non-hydrogen) atoms. The first-order valence-corrected chi connectivity index (χ1v) is 12.1. The smallest absolute Gasteiger partial charge is 0.259 e. The molecular formula is C22H26N4O2S2. The van der Waals surface area contributed by atoms with E-state index in [1.54, 1.807) is 11.3 Å². The Bertz CT molecular complexity index is 1150. The average molecular weight is 443 g/mol. The van der Waals surface area contributed by atoms with Crippen molar-refractivity contribution >= 4 is 50.6 Å². The van der Waals surface area contributed by atoms with Gasteiger partial charge in [0.1, 0.15) is 10.7 Å². The number of amides is 1. The van der Waals surface area contributed by atoms with Gasteiger partial charge in [0.25, 0.3) is 5.56 Å². The minimum absolute atomic E-state index is 0.0453. The van der Waals surface area contributed by atoms with Gasteiger partial charge < -0.3 is 15.2 Å². The molecule has 2 heterocycles. The number of hydrogen-bond donors (Lipinski definition) is 2. The van der Waals surface area contributed by atoms with Gasteiger partial charge in [-0.1, -0.05) is 0 Å². The second-order valence-corrected chi connectivity index (χ2v) is 9.91. The molecule has 1 aliphatic carbocycles. The Kier molecular flexibility index (Phi) is 6.15. The largest absolute Gasteiger partial charge is 0.378 e. The predicted octanol–water partition coefficient (Wildman–Crippen LogP) is 4.11. The van der Waals surface area contributed by atoms with Gasteiger partial charge in [0, 0.05) is 30.3 Å². The zero-order valence-electron chi connectivity index (χ0n) is 17.5. The second-order valence-electron chi connectivity index (χ2n) is 7.84. The Hall–Kier alpha value is -2.32. The van der Waals surface area contributed by atoms with Crippen molar-refractivity contribution < 1.29 is 4.79 Å². The van der Waals surface area contributed by atoms with Gasteiger partial charge in [-0.2, -0.15) is 0 Å². The van der Waals surface area contributed by atoms with Gasteiger partial charge >= 0.3 is 0 Å². The first-order valence-electron chi connectivity index (χ1n) is 10.1. The maximum absolute atomic E-state index is 12.6. The number of fused-ring (bicyclic) bond motifs is 3. The normalized spacial score (nSPS) is 13.3. The van der Waals surface area contributed by atoms with Crippen LogP contribution < -0.4 is 15.8 Å². The lowest BCUT2D eigenvalue weighted by molar-refractivity contribution is -0.113. The van der Waals surface area contributed by atoms with Gasteiger partial charge in [0.15, 0.2) is 0 Å². The standard InChI is InChI=1S/C22H26N4O2S2/c1-13-10-14(26(2)3)8-9-16(13)23-19(27)12-29-11-18-24-21(28)20-15-6-4-5-7-17(15)30-22(20)25-18/h8-10H,4-7,11-12H2,1-3H3,(H,23,27)(H,24,25,28). The lowest BCUT2D eigenvalue weighted by Crippen LogP contribution is -2.16. The van der Waals surface area contributed by atoms with Crippen LogP contribution in [-0.2, 0) is 23.4 Å². The molecule has 0 unspecified atom stereocenters. The quantitative estimate of drug-likeness (QED) is 0.601. The van der Waals surface area contributed by atoms with Crippen molar-refractivity contribution in [3.8, 4) is 0 Å². The molecule has 4 rings (SSSR count). The molecule has 1 aliphatic rings. The van der Waals surface area contributed by atoms with Crippen LogP contribution in [0.25, 0.3) is 10.2 Å². The van der Waals surface area contributed by atoms with Gasteiger partial charge in [-0.3, -0.25) is 9.59 Å². The molecule has 0 saturated heterocycles. The van der Waals surface area contributed by atoms with Gasteiger partial charge in [0.2, 0.25) is 5.91 Å². The number of carbonyl (C=O) groups is 1. The number of H-pyrrole nitrogens is 1. The summed E-state index contributed by atoms with van der Waals surface area (Å²) in [5.74, 6) is 1.38. The first-order chi connectivity index (χ1) is 14.4. The summed E-state index contributed by atoms with van der Waals surface area (Å²) in [6, 6.07) is 5.96. The zero-order valence-corrected chi connectivity index (χ0v) is 19.1. The number of aromatic amines is 1. The number of hydrogen-bond acceptors (Lipinski definition) is 6. The van der Waals surface area contributed by atoms with Crippen LogP contribution in [0, 0.1) is 6.92 Å². The van der Waals surface area contributed by atoms with Crippen LogP contribution in [0.15, 0.2) is 23.0 Å². The highest BCUT2D eigenvalue weighted by Crippen LogP contribution is 2.33. The maximum Gasteiger partial charge on any atom is 0.259 e. The van der Waals surface area contributed by atoms with E-state index in [1.807, 2.05) is 44.1 Å². The van der Waals surface area contributed by atoms with Gasteiger partial charge in [-0.25, -0.2) is 4.98 Å². The number of anilines is 2. The number of aromatic nitrogens is 2. The van der Waals surface area contributed by atoms with Crippen molar-refractivity contribution in [3.05, 3.63) is 50.4 Å². The molecule has 0 fully saturated rings. The minimum atomic E-state index is -0.0595. The molecule has 0 radical (unpaired) electrons. The maximum atomic E-state index is 12.6. The summed E-state index contributed by atoms with van der Waals surface area (Å²) in [6.45, 7) is 1.99. The number of benzene rings is 1. The van der Waals surface area contributed by atoms with E-state index in [9.17, 15) is 9.59 Å². The minimum Gasteiger partial charge on any atom is -0.378 e. The molecule has 0 spiro atoms. The molecule has 158 valence electrons. The molecule has 0 saturated carbocycles. The van der Waals surface area contributed by atoms with Gasteiger partial charge in [-0.05, 0) is 61.9 Å². The Morgan fingerprint density at radius 1 is 1.30 bits per heavy atom. The number of rotatable bonds is 6. The molecule has 0 bridgehead atoms. The molecule has 1 aromatic carbocycles. The third-order valence-corrected chi connectivity index (χ3v) is 7.48. The van der Waals surface area contributed by atoms with Crippen molar-refractivity contribution in [2.75, 3.05) is 30.1 Å². The highest BCUT2D eigenvalue weighted by molar-refractivity contribution is 7.99. The van der Waals surface area contributed by atoms with Crippen LogP contribution in [0.3, 0.4) is 0 Å². The second kappa shape index (κ2) is 8.81. The van der Waals surface area contributed by atoms with Crippen molar-refractivity contribution in [1.29, 1.82) is 0 Å². The van der Waals surface area contributed by atoms with E-state index in [2.05, 4.69) is 15.3 Å². The van der Waals surface area contributed by atoms with Crippen LogP contribution in [0.4, 0.5) is 11.4 Å². The Balaban J connectivity index is 1.38. The van der Waals surface area contributed by atoms with E-state index in [0.29, 0.717) is 17.3 Å². The summed E-state index contributed by atoms with van der Waals surface area (Å²) in [5, 5.41) is 3.74. The van der Waals surface area contributed by atoms with Crippen LogP contribution >= 0.6 is 23.1 Å². The summed E-state index contributed by atoms with van der Waals surface area (Å²) in [4.78, 5) is 36.7. The Morgan fingerprint density at radius 2 is 2.10 bits per heavy atom. The summed E-state index contributed by atoms with van der Waals surface area (Å²) >= 11 is 3.10. The van der Waals surface area contributed by atoms with Crippen LogP contribution in [0.2, 0.25) is 0 Å². The van der Waals surface area contributed by atoms with E-state index < -0.39 is 0 Å². The summed E-state index contributed by atoms with van der Waals surface area (Å²) in [5.41, 5.74) is 4.10. The lowest BCUT2D eigenvalue weighted by atomic mass is 9.97. The highest BCUT2D eigenvalue weighted by atomic mass is 32.2. The lowest BCUT2D eigenvalue weighted by Gasteiger charge is -2.15. The van der Waals surface area contributed by atoms with E-state index in [1.165, 1.54) is 28.6 Å². The molecule has 8 heteroatoms. The fraction of sp³-hybridized carbons (Fsp3) is 0.409. The summed E-state index contributed by atoms with van der Waals surface area (Å²) < 4.78 is 0. The predicted molar refractivity (Wildman–Crippen MR) is 127 cm³/mol. The van der Waals surface area contributed by atoms with Gasteiger partial charge in [-0.15, -0.1) is 23.1 Å².